The minimum absolute atomic E-state index is 0.0556. The fourth-order valence-electron chi connectivity index (χ4n) is 0. The lowest BCUT2D eigenvalue weighted by molar-refractivity contribution is -1.09. The number of hydrogen-bond acceptors (Lipinski definition) is 3. The smallest absolute Gasteiger partial charge is 0.249 e. The third-order valence-corrected chi connectivity index (χ3v) is 1.26. The van der Waals surface area contributed by atoms with Crippen LogP contribution in [0.5, 0.6) is 0 Å². The van der Waals surface area contributed by atoms with Crippen LogP contribution in [0.1, 0.15) is 13.8 Å². The average molecular weight is 165 g/mol. The Hall–Kier alpha value is -0.810. The van der Waals surface area contributed by atoms with Crippen LogP contribution in [0.3, 0.4) is 0 Å². The van der Waals surface area contributed by atoms with Crippen LogP contribution in [0, 0.1) is 0 Å². The van der Waals surface area contributed by atoms with Crippen molar-refractivity contribution in [1.29, 1.82) is 0 Å². The van der Waals surface area contributed by atoms with E-state index in [1.165, 1.54) is 0 Å². The van der Waals surface area contributed by atoms with Crippen molar-refractivity contribution in [3.63, 3.8) is 0 Å². The van der Waals surface area contributed by atoms with E-state index in [1.54, 1.807) is 14.1 Å². The number of hydrogen-bond donors (Lipinski definition) is 2. The van der Waals surface area contributed by atoms with Crippen molar-refractivity contribution in [3.8, 4) is 0 Å². The first-order valence-electron chi connectivity index (χ1n) is 3.14. The van der Waals surface area contributed by atoms with E-state index in [4.69, 9.17) is 20.2 Å². The maximum absolute atomic E-state index is 9.03. The summed E-state index contributed by atoms with van der Waals surface area (Å²) in [6.45, 7) is 3.94. The van der Waals surface area contributed by atoms with Gasteiger partial charge in [-0.05, 0) is 13.8 Å². The molecule has 0 aromatic carbocycles. The molecule has 0 rings (SSSR count). The highest BCUT2D eigenvalue weighted by Gasteiger charge is 2.14. The number of carboxylic acid groups (broad SMARTS) is 2. The monoisotopic (exact) mass is 165 g/mol. The summed E-state index contributed by atoms with van der Waals surface area (Å²) < 4.78 is 0.0556. The summed E-state index contributed by atoms with van der Waals surface area (Å²) in [7, 11) is 3.51. The SMILES string of the molecule is CC(C)[N+](C)(C)O.O=C([O-])O. The van der Waals surface area contributed by atoms with Gasteiger partial charge >= 0.3 is 0 Å². The number of nitrogens with zero attached hydrogens (tertiary/aromatic N) is 1. The van der Waals surface area contributed by atoms with Crippen molar-refractivity contribution in [1.82, 2.24) is 0 Å². The molecule has 0 aliphatic heterocycles. The maximum Gasteiger partial charge on any atom is 0.249 e. The third kappa shape index (κ3) is 17.6. The van der Waals surface area contributed by atoms with E-state index in [9.17, 15) is 0 Å². The van der Waals surface area contributed by atoms with E-state index in [0.29, 0.717) is 6.04 Å². The lowest BCUT2D eigenvalue weighted by Crippen LogP contribution is -2.41. The van der Waals surface area contributed by atoms with E-state index in [2.05, 4.69) is 0 Å². The van der Waals surface area contributed by atoms with Gasteiger partial charge in [0, 0.05) is 0 Å². The van der Waals surface area contributed by atoms with Crippen LogP contribution in [-0.4, -0.2) is 41.3 Å². The van der Waals surface area contributed by atoms with E-state index in [1.807, 2.05) is 13.8 Å². The van der Waals surface area contributed by atoms with Crippen molar-refractivity contribution >= 4 is 6.16 Å². The van der Waals surface area contributed by atoms with Crippen molar-refractivity contribution in [2.45, 2.75) is 19.9 Å². The minimum atomic E-state index is -2.08. The van der Waals surface area contributed by atoms with E-state index in [-0.39, 0.29) is 4.65 Å². The molecule has 0 amide bonds. The van der Waals surface area contributed by atoms with Gasteiger partial charge in [-0.3, -0.25) is 0 Å². The number of rotatable bonds is 1. The summed E-state index contributed by atoms with van der Waals surface area (Å²) in [6.07, 6.45) is -2.08. The van der Waals surface area contributed by atoms with Crippen molar-refractivity contribution in [2.75, 3.05) is 14.1 Å². The maximum atomic E-state index is 9.03. The standard InChI is InChI=1S/C5H14NO.CH2O3/c1-5(2)6(3,4)7;2-1(3)4/h5,7H,1-4H3;(H2,2,3,4)/q+1;/p-1. The van der Waals surface area contributed by atoms with Gasteiger partial charge in [0.2, 0.25) is 6.16 Å². The Balaban J connectivity index is 0. The normalized spacial score (nSPS) is 10.4. The molecule has 0 bridgehead atoms. The molecule has 0 aromatic heterocycles. The molecule has 11 heavy (non-hydrogen) atoms. The largest absolute Gasteiger partial charge is 0.565 e. The van der Waals surface area contributed by atoms with Crippen LogP contribution in [0.15, 0.2) is 0 Å². The van der Waals surface area contributed by atoms with Gasteiger partial charge in [0.25, 0.3) is 0 Å². The highest BCUT2D eigenvalue weighted by atomic mass is 16.6. The topological polar surface area (TPSA) is 80.6 Å². The lowest BCUT2D eigenvalue weighted by atomic mass is 10.4. The summed E-state index contributed by atoms with van der Waals surface area (Å²) in [4.78, 5) is 8.44. The molecule has 5 heteroatoms. The zero-order chi connectivity index (χ0) is 9.65. The Kier molecular flexibility index (Phi) is 5.74. The molecule has 0 aliphatic rings. The Labute approximate surface area is 66.0 Å². The van der Waals surface area contributed by atoms with Crippen molar-refractivity contribution in [2.24, 2.45) is 0 Å². The van der Waals surface area contributed by atoms with Gasteiger partial charge < -0.3 is 15.0 Å². The van der Waals surface area contributed by atoms with Crippen LogP contribution in [0.25, 0.3) is 0 Å². The summed E-state index contributed by atoms with van der Waals surface area (Å²) in [5.74, 6) is 0. The average Bonchev–Trinajstić information content (AvgIpc) is 1.59. The molecule has 0 spiro atoms. The first-order valence-corrected chi connectivity index (χ1v) is 3.14. The molecule has 0 atom stereocenters. The Bertz CT molecular complexity index is 112. The second-order valence-corrected chi connectivity index (χ2v) is 2.84. The molecule has 0 aromatic rings. The predicted octanol–water partition coefficient (Wildman–Crippen LogP) is -0.252. The molecular formula is C6H15NO4. The molecule has 0 saturated heterocycles. The highest BCUT2D eigenvalue weighted by Crippen LogP contribution is 1.97. The quantitative estimate of drug-likeness (QED) is 0.414. The van der Waals surface area contributed by atoms with Gasteiger partial charge in [-0.1, -0.05) is 0 Å². The van der Waals surface area contributed by atoms with Crippen LogP contribution in [-0.2, 0) is 0 Å². The molecular weight excluding hydrogens is 150 g/mol. The summed E-state index contributed by atoms with van der Waals surface area (Å²) >= 11 is 0. The Morgan fingerprint density at radius 1 is 1.45 bits per heavy atom. The second kappa shape index (κ2) is 4.92. The molecule has 0 radical (unpaired) electrons. The van der Waals surface area contributed by atoms with Crippen molar-refractivity contribution < 1.29 is 24.9 Å². The molecule has 0 saturated carbocycles. The zero-order valence-corrected chi connectivity index (χ0v) is 7.24. The third-order valence-electron chi connectivity index (χ3n) is 1.26. The summed E-state index contributed by atoms with van der Waals surface area (Å²) in [6, 6.07) is 0.292. The highest BCUT2D eigenvalue weighted by molar-refractivity contribution is 5.50. The number of carbonyl (C=O) groups is 1. The van der Waals surface area contributed by atoms with Crippen LogP contribution < -0.4 is 5.11 Å². The van der Waals surface area contributed by atoms with E-state index < -0.39 is 6.16 Å². The molecule has 68 valence electrons. The van der Waals surface area contributed by atoms with Gasteiger partial charge in [-0.15, -0.1) is 0 Å². The van der Waals surface area contributed by atoms with Gasteiger partial charge in [0.05, 0.1) is 14.1 Å². The Morgan fingerprint density at radius 2 is 1.55 bits per heavy atom. The molecule has 0 aliphatic carbocycles. The molecule has 0 fully saturated rings. The van der Waals surface area contributed by atoms with Crippen LogP contribution >= 0.6 is 0 Å². The van der Waals surface area contributed by atoms with Crippen molar-refractivity contribution in [3.05, 3.63) is 0 Å². The Morgan fingerprint density at radius 3 is 1.55 bits per heavy atom. The molecule has 0 heterocycles. The lowest BCUT2D eigenvalue weighted by Gasteiger charge is -2.23. The van der Waals surface area contributed by atoms with E-state index >= 15 is 0 Å². The van der Waals surface area contributed by atoms with E-state index in [0.717, 1.165) is 0 Å². The van der Waals surface area contributed by atoms with Crippen LogP contribution in [0.4, 0.5) is 4.79 Å². The van der Waals surface area contributed by atoms with Gasteiger partial charge in [-0.2, -0.15) is 4.65 Å². The number of hydroxylamine groups is 3. The minimum Gasteiger partial charge on any atom is -0.565 e. The van der Waals surface area contributed by atoms with Gasteiger partial charge in [0.1, 0.15) is 6.04 Å². The summed E-state index contributed by atoms with van der Waals surface area (Å²) in [5.41, 5.74) is 0. The predicted molar refractivity (Wildman–Crippen MR) is 37.1 cm³/mol. The van der Waals surface area contributed by atoms with Gasteiger partial charge in [-0.25, -0.2) is 5.21 Å². The zero-order valence-electron chi connectivity index (χ0n) is 7.24. The molecule has 2 N–H and O–H groups in total. The summed E-state index contributed by atoms with van der Waals surface area (Å²) in [5, 5.41) is 24.3. The first kappa shape index (κ1) is 12.8. The van der Waals surface area contributed by atoms with Crippen LogP contribution in [0.2, 0.25) is 0 Å². The fraction of sp³-hybridized carbons (Fsp3) is 0.833. The fourth-order valence-corrected chi connectivity index (χ4v) is 0. The second-order valence-electron chi connectivity index (χ2n) is 2.84. The molecule has 5 nitrogen and oxygen atoms in total. The molecule has 0 unspecified atom stereocenters. The van der Waals surface area contributed by atoms with Gasteiger partial charge in [0.15, 0.2) is 0 Å². The first-order chi connectivity index (χ1) is 4.68. The number of quaternary nitrogens is 1.